The molecule has 0 bridgehead atoms. The van der Waals surface area contributed by atoms with Gasteiger partial charge in [-0.05, 0) is 30.5 Å². The number of thioether (sulfide) groups is 1. The van der Waals surface area contributed by atoms with E-state index in [0.717, 1.165) is 47.0 Å². The van der Waals surface area contributed by atoms with Gasteiger partial charge in [0.25, 0.3) is 0 Å². The number of nitrogens with one attached hydrogen (secondary N) is 2. The average Bonchev–Trinajstić information content (AvgIpc) is 3.52. The molecule has 0 fully saturated rings. The van der Waals surface area contributed by atoms with Crippen LogP contribution in [0.4, 0.5) is 5.13 Å². The highest BCUT2D eigenvalue weighted by molar-refractivity contribution is 8.00. The molecule has 9 nitrogen and oxygen atoms in total. The number of hydrogen-bond donors (Lipinski definition) is 3. The topological polar surface area (TPSA) is 127 Å². The minimum absolute atomic E-state index is 0.126. The van der Waals surface area contributed by atoms with Gasteiger partial charge in [0.1, 0.15) is 11.5 Å². The molecular weight excluding hydrogens is 500 g/mol. The van der Waals surface area contributed by atoms with Gasteiger partial charge < -0.3 is 14.5 Å². The molecule has 0 aliphatic heterocycles. The summed E-state index contributed by atoms with van der Waals surface area (Å²) in [5, 5.41) is 11.9. The summed E-state index contributed by atoms with van der Waals surface area (Å²) < 4.78 is 12.4. The number of hydrogen-bond acceptors (Lipinski definition) is 9. The highest BCUT2D eigenvalue weighted by Crippen LogP contribution is 2.31. The van der Waals surface area contributed by atoms with Crippen LogP contribution in [0.15, 0.2) is 45.3 Å². The number of thiazole rings is 1. The summed E-state index contributed by atoms with van der Waals surface area (Å²) in [6.45, 7) is 4.72. The fourth-order valence-electron chi connectivity index (χ4n) is 3.21. The lowest BCUT2D eigenvalue weighted by molar-refractivity contribution is -0.129. The Kier molecular flexibility index (Phi) is 11.2. The highest BCUT2D eigenvalue weighted by atomic mass is 32.2. The van der Waals surface area contributed by atoms with Crippen molar-refractivity contribution in [3.8, 4) is 5.75 Å². The number of carbonyl (C=O) groups is 2. The van der Waals surface area contributed by atoms with Crippen molar-refractivity contribution in [3.05, 3.63) is 53.9 Å². The SMILES string of the molecule is CC(C)c1cnc(CSc2cnc(NC(=O)Cc3ccc(OCCCCCCC(=O)NO)cc3)s2)o1. The molecule has 3 N–H and O–H groups in total. The standard InChI is InChI=1S/C25H32N4O5S2/c1-17(2)20-14-26-23(34-20)16-35-24-15-27-25(36-24)28-22(31)13-18-8-10-19(11-9-18)33-12-6-4-3-5-7-21(30)29-32/h8-11,14-15,17,32H,3-7,12-13,16H2,1-2H3,(H,29,30)(H,27,28,31). The molecule has 0 saturated carbocycles. The molecule has 2 aromatic heterocycles. The monoisotopic (exact) mass is 532 g/mol. The Labute approximate surface area is 219 Å². The second kappa shape index (κ2) is 14.6. The van der Waals surface area contributed by atoms with Crippen LogP contribution in [-0.4, -0.2) is 33.6 Å². The van der Waals surface area contributed by atoms with Crippen LogP contribution in [0.25, 0.3) is 0 Å². The van der Waals surface area contributed by atoms with Gasteiger partial charge in [0, 0.05) is 12.3 Å². The molecule has 3 rings (SSSR count). The third-order valence-electron chi connectivity index (χ3n) is 5.19. The van der Waals surface area contributed by atoms with Gasteiger partial charge >= 0.3 is 0 Å². The van der Waals surface area contributed by atoms with Gasteiger partial charge in [0.15, 0.2) is 5.13 Å². The van der Waals surface area contributed by atoms with E-state index in [-0.39, 0.29) is 18.2 Å². The van der Waals surface area contributed by atoms with E-state index in [1.54, 1.807) is 29.6 Å². The second-order valence-electron chi connectivity index (χ2n) is 8.50. The number of amides is 2. The Morgan fingerprint density at radius 1 is 1.08 bits per heavy atom. The summed E-state index contributed by atoms with van der Waals surface area (Å²) in [4.78, 5) is 32.0. The number of aromatic nitrogens is 2. The first kappa shape index (κ1) is 27.7. The molecule has 0 aliphatic carbocycles. The Morgan fingerprint density at radius 2 is 1.86 bits per heavy atom. The molecule has 3 aromatic rings. The van der Waals surface area contributed by atoms with Crippen LogP contribution in [0.5, 0.6) is 5.75 Å². The highest BCUT2D eigenvalue weighted by Gasteiger charge is 2.11. The van der Waals surface area contributed by atoms with E-state index >= 15 is 0 Å². The maximum Gasteiger partial charge on any atom is 0.243 e. The van der Waals surface area contributed by atoms with Gasteiger partial charge in [-0.2, -0.15) is 0 Å². The summed E-state index contributed by atoms with van der Waals surface area (Å²) in [7, 11) is 0. The normalized spacial score (nSPS) is 11.0. The zero-order chi connectivity index (χ0) is 25.8. The number of carbonyl (C=O) groups excluding carboxylic acids is 2. The van der Waals surface area contributed by atoms with Gasteiger partial charge in [0.05, 0.1) is 35.4 Å². The number of hydroxylamine groups is 1. The molecule has 0 radical (unpaired) electrons. The third-order valence-corrected chi connectivity index (χ3v) is 7.28. The van der Waals surface area contributed by atoms with Crippen molar-refractivity contribution in [3.63, 3.8) is 0 Å². The third kappa shape index (κ3) is 9.63. The maximum atomic E-state index is 12.4. The summed E-state index contributed by atoms with van der Waals surface area (Å²) in [6.07, 6.45) is 7.58. The van der Waals surface area contributed by atoms with E-state index in [0.29, 0.717) is 35.7 Å². The van der Waals surface area contributed by atoms with Crippen molar-refractivity contribution in [2.24, 2.45) is 0 Å². The van der Waals surface area contributed by atoms with E-state index in [1.165, 1.54) is 11.3 Å². The molecule has 11 heteroatoms. The lowest BCUT2D eigenvalue weighted by Gasteiger charge is -2.07. The second-order valence-corrected chi connectivity index (χ2v) is 10.8. The predicted octanol–water partition coefficient (Wildman–Crippen LogP) is 5.56. The van der Waals surface area contributed by atoms with Crippen LogP contribution in [0, 0.1) is 0 Å². The van der Waals surface area contributed by atoms with Gasteiger partial charge in [-0.1, -0.05) is 50.2 Å². The van der Waals surface area contributed by atoms with Crippen LogP contribution in [0.2, 0.25) is 0 Å². The van der Waals surface area contributed by atoms with Crippen molar-refractivity contribution in [1.82, 2.24) is 15.4 Å². The first-order valence-electron chi connectivity index (χ1n) is 11.9. The molecular formula is C25H32N4O5S2. The van der Waals surface area contributed by atoms with Crippen LogP contribution < -0.4 is 15.5 Å². The molecule has 0 unspecified atom stereocenters. The molecule has 2 heterocycles. The number of rotatable bonds is 15. The first-order valence-corrected chi connectivity index (χ1v) is 13.7. The van der Waals surface area contributed by atoms with Crippen LogP contribution >= 0.6 is 23.1 Å². The van der Waals surface area contributed by atoms with Crippen molar-refractivity contribution >= 4 is 40.0 Å². The minimum Gasteiger partial charge on any atom is -0.494 e. The number of unbranched alkanes of at least 4 members (excludes halogenated alkanes) is 3. The number of anilines is 1. The van der Waals surface area contributed by atoms with Gasteiger partial charge in [-0.25, -0.2) is 15.4 Å². The molecule has 36 heavy (non-hydrogen) atoms. The first-order chi connectivity index (χ1) is 17.4. The largest absolute Gasteiger partial charge is 0.494 e. The molecule has 2 amide bonds. The molecule has 0 atom stereocenters. The number of nitrogens with zero attached hydrogens (tertiary/aromatic N) is 2. The fraction of sp³-hybridized carbons (Fsp3) is 0.440. The Morgan fingerprint density at radius 3 is 2.58 bits per heavy atom. The van der Waals surface area contributed by atoms with Crippen LogP contribution in [0.3, 0.4) is 0 Å². The predicted molar refractivity (Wildman–Crippen MR) is 140 cm³/mol. The van der Waals surface area contributed by atoms with E-state index in [4.69, 9.17) is 14.4 Å². The molecule has 0 spiro atoms. The van der Waals surface area contributed by atoms with Gasteiger partial charge in [0.2, 0.25) is 17.7 Å². The molecule has 194 valence electrons. The number of benzene rings is 1. The van der Waals surface area contributed by atoms with E-state index in [1.807, 2.05) is 24.3 Å². The summed E-state index contributed by atoms with van der Waals surface area (Å²) >= 11 is 3.00. The Bertz CT molecular complexity index is 1100. The fourth-order valence-corrected chi connectivity index (χ4v) is 4.96. The van der Waals surface area contributed by atoms with Crippen LogP contribution in [-0.2, 0) is 21.8 Å². The van der Waals surface area contributed by atoms with Crippen molar-refractivity contribution in [2.75, 3.05) is 11.9 Å². The number of oxazole rings is 1. The average molecular weight is 533 g/mol. The lowest BCUT2D eigenvalue weighted by Crippen LogP contribution is -2.17. The minimum atomic E-state index is -0.352. The zero-order valence-electron chi connectivity index (χ0n) is 20.5. The molecule has 1 aromatic carbocycles. The van der Waals surface area contributed by atoms with Gasteiger partial charge in [-0.3, -0.25) is 14.8 Å². The van der Waals surface area contributed by atoms with Crippen molar-refractivity contribution in [2.45, 2.75) is 68.3 Å². The van der Waals surface area contributed by atoms with Crippen molar-refractivity contribution in [1.29, 1.82) is 0 Å². The van der Waals surface area contributed by atoms with E-state index < -0.39 is 0 Å². The Balaban J connectivity index is 1.33. The molecule has 0 aliphatic rings. The summed E-state index contributed by atoms with van der Waals surface area (Å²) in [6, 6.07) is 7.49. The summed E-state index contributed by atoms with van der Waals surface area (Å²) in [5.74, 6) is 2.75. The zero-order valence-corrected chi connectivity index (χ0v) is 22.1. The number of ether oxygens (including phenoxy) is 1. The Hall–Kier alpha value is -2.89. The summed E-state index contributed by atoms with van der Waals surface area (Å²) in [5.41, 5.74) is 2.52. The van der Waals surface area contributed by atoms with Crippen LogP contribution in [0.1, 0.15) is 69.1 Å². The van der Waals surface area contributed by atoms with Gasteiger partial charge in [-0.15, -0.1) is 11.8 Å². The van der Waals surface area contributed by atoms with E-state index in [2.05, 4.69) is 29.1 Å². The van der Waals surface area contributed by atoms with E-state index in [9.17, 15) is 9.59 Å². The lowest BCUT2D eigenvalue weighted by atomic mass is 10.1. The molecule has 0 saturated heterocycles. The quantitative estimate of drug-likeness (QED) is 0.100. The maximum absolute atomic E-state index is 12.4. The smallest absolute Gasteiger partial charge is 0.243 e. The van der Waals surface area contributed by atoms with Crippen molar-refractivity contribution < 1.29 is 24.0 Å².